The molecule has 0 aromatic heterocycles. The quantitative estimate of drug-likeness (QED) is 0.277. The first-order valence-electron chi connectivity index (χ1n) is 16.8. The minimum Gasteiger partial charge on any atom is -0.490 e. The Bertz CT molecular complexity index is 1440. The van der Waals surface area contributed by atoms with Gasteiger partial charge < -0.3 is 14.7 Å². The van der Waals surface area contributed by atoms with Gasteiger partial charge in [-0.25, -0.2) is 4.21 Å². The van der Waals surface area contributed by atoms with Crippen molar-refractivity contribution in [1.29, 1.82) is 0 Å². The van der Waals surface area contributed by atoms with Crippen molar-refractivity contribution in [2.45, 2.75) is 75.6 Å². The number of anilines is 1. The van der Waals surface area contributed by atoms with E-state index < -0.39 is 17.1 Å². The molecule has 10 heteroatoms. The topological polar surface area (TPSA) is 78.9 Å². The molecule has 1 spiro atoms. The molecule has 46 heavy (non-hydrogen) atoms. The van der Waals surface area contributed by atoms with Crippen LogP contribution in [0, 0.1) is 17.8 Å². The van der Waals surface area contributed by atoms with Crippen LogP contribution in [0.5, 0.6) is 5.75 Å². The molecular formula is C36H47ClN2O4S3. The maximum absolute atomic E-state index is 13.3. The Morgan fingerprint density at radius 3 is 2.65 bits per heavy atom. The lowest BCUT2D eigenvalue weighted by atomic mass is 9.68. The second-order valence-electron chi connectivity index (χ2n) is 13.6. The molecule has 1 saturated carbocycles. The summed E-state index contributed by atoms with van der Waals surface area (Å²) in [7, 11) is -1.53. The van der Waals surface area contributed by atoms with Gasteiger partial charge in [0.05, 0.1) is 23.6 Å². The number of benzene rings is 2. The van der Waals surface area contributed by atoms with Gasteiger partial charge in [-0.3, -0.25) is 9.52 Å². The van der Waals surface area contributed by atoms with Crippen LogP contribution in [-0.2, 0) is 22.8 Å². The summed E-state index contributed by atoms with van der Waals surface area (Å²) in [5.74, 6) is 3.84. The van der Waals surface area contributed by atoms with Crippen molar-refractivity contribution >= 4 is 57.7 Å². The molecule has 3 heterocycles. The molecule has 0 radical (unpaired) electrons. The highest BCUT2D eigenvalue weighted by Gasteiger charge is 2.44. The predicted molar refractivity (Wildman–Crippen MR) is 195 cm³/mol. The van der Waals surface area contributed by atoms with Gasteiger partial charge in [-0.1, -0.05) is 36.7 Å². The third-order valence-corrected chi connectivity index (χ3v) is 14.8. The zero-order valence-corrected chi connectivity index (χ0v) is 30.1. The van der Waals surface area contributed by atoms with Crippen molar-refractivity contribution in [3.05, 3.63) is 70.3 Å². The third kappa shape index (κ3) is 7.64. The fourth-order valence-corrected chi connectivity index (χ4v) is 11.0. The number of aryl methyl sites for hydroxylation is 1. The van der Waals surface area contributed by atoms with Crippen LogP contribution in [0.2, 0.25) is 5.02 Å². The van der Waals surface area contributed by atoms with E-state index in [0.29, 0.717) is 24.5 Å². The van der Waals surface area contributed by atoms with Gasteiger partial charge in [-0.05, 0) is 123 Å². The van der Waals surface area contributed by atoms with Gasteiger partial charge in [-0.15, -0.1) is 0 Å². The molecule has 1 amide bonds. The van der Waals surface area contributed by atoms with Crippen LogP contribution in [0.15, 0.2) is 48.6 Å². The number of halogens is 1. The molecule has 7 atom stereocenters. The number of hydrogen-bond acceptors (Lipinski definition) is 7. The summed E-state index contributed by atoms with van der Waals surface area (Å²) in [5, 5.41) is 13.0. The Hall–Kier alpha value is -1.65. The number of amides is 1. The van der Waals surface area contributed by atoms with E-state index in [1.807, 2.05) is 44.2 Å². The molecule has 250 valence electrons. The summed E-state index contributed by atoms with van der Waals surface area (Å²) in [6, 6.07) is 11.8. The number of rotatable bonds is 0. The number of aliphatic hydroxyl groups is 1. The molecule has 2 aromatic rings. The Kier molecular flexibility index (Phi) is 11.4. The monoisotopic (exact) mass is 702 g/mol. The fraction of sp³-hybridized carbons (Fsp3) is 0.583. The van der Waals surface area contributed by atoms with Crippen molar-refractivity contribution in [2.75, 3.05) is 41.2 Å². The first kappa shape index (κ1) is 34.2. The Morgan fingerprint density at radius 2 is 1.93 bits per heavy atom. The van der Waals surface area contributed by atoms with Crippen LogP contribution in [0.3, 0.4) is 0 Å². The lowest BCUT2D eigenvalue weighted by Gasteiger charge is -2.45. The van der Waals surface area contributed by atoms with E-state index in [0.717, 1.165) is 61.7 Å². The average molecular weight is 703 g/mol. The number of carbonyl (C=O) groups excluding carboxylic acids is 1. The number of allylic oxidation sites excluding steroid dienone is 1. The van der Waals surface area contributed by atoms with Crippen LogP contribution in [-0.4, -0.2) is 62.9 Å². The van der Waals surface area contributed by atoms with Gasteiger partial charge in [0.15, 0.2) is 0 Å². The van der Waals surface area contributed by atoms with E-state index in [2.05, 4.69) is 45.3 Å². The summed E-state index contributed by atoms with van der Waals surface area (Å²) in [6.07, 6.45) is 10.7. The van der Waals surface area contributed by atoms with E-state index in [1.54, 1.807) is 6.07 Å². The van der Waals surface area contributed by atoms with Crippen molar-refractivity contribution in [3.8, 4) is 5.75 Å². The highest BCUT2D eigenvalue weighted by molar-refractivity contribution is 8.16. The van der Waals surface area contributed by atoms with Gasteiger partial charge in [0.2, 0.25) is 0 Å². The Balaban J connectivity index is 0.000000557. The van der Waals surface area contributed by atoms with Crippen LogP contribution in [0.25, 0.3) is 0 Å². The number of fused-ring (bicyclic) bond motifs is 4. The molecule has 2 aliphatic carbocycles. The summed E-state index contributed by atoms with van der Waals surface area (Å²) in [5.41, 5.74) is 3.75. The van der Waals surface area contributed by atoms with E-state index >= 15 is 0 Å². The second kappa shape index (κ2) is 15.3. The van der Waals surface area contributed by atoms with Gasteiger partial charge in [-0.2, -0.15) is 23.5 Å². The summed E-state index contributed by atoms with van der Waals surface area (Å²) in [6.45, 7) is 6.02. The Labute approximate surface area is 290 Å². The number of nitrogens with zero attached hydrogens (tertiary/aromatic N) is 1. The van der Waals surface area contributed by atoms with Crippen LogP contribution < -0.4 is 14.4 Å². The molecule has 2 fully saturated rings. The van der Waals surface area contributed by atoms with Gasteiger partial charge in [0, 0.05) is 34.2 Å². The molecular weight excluding hydrogens is 656 g/mol. The first-order chi connectivity index (χ1) is 22.2. The third-order valence-electron chi connectivity index (χ3n) is 10.6. The van der Waals surface area contributed by atoms with Crippen LogP contribution >= 0.6 is 35.1 Å². The maximum Gasteiger partial charge on any atom is 0.263 e. The number of thioether (sulfide) groups is 2. The molecule has 2 bridgehead atoms. The zero-order valence-electron chi connectivity index (χ0n) is 26.9. The second-order valence-corrected chi connectivity index (χ2v) is 18.2. The predicted octanol–water partition coefficient (Wildman–Crippen LogP) is 7.39. The number of ether oxygens (including phenoxy) is 1. The van der Waals surface area contributed by atoms with Gasteiger partial charge in [0.25, 0.3) is 5.91 Å². The molecule has 7 rings (SSSR count). The van der Waals surface area contributed by atoms with E-state index in [-0.39, 0.29) is 28.4 Å². The van der Waals surface area contributed by atoms with Crippen molar-refractivity contribution in [2.24, 2.45) is 17.8 Å². The minimum absolute atomic E-state index is 0.0926. The van der Waals surface area contributed by atoms with Gasteiger partial charge in [0.1, 0.15) is 16.7 Å². The first-order valence-corrected chi connectivity index (χ1v) is 20.7. The summed E-state index contributed by atoms with van der Waals surface area (Å²) < 4.78 is 22.3. The molecule has 6 unspecified atom stereocenters. The average Bonchev–Trinajstić information content (AvgIpc) is 3.20. The molecule has 6 nitrogen and oxygen atoms in total. The maximum atomic E-state index is 13.3. The lowest BCUT2D eigenvalue weighted by Crippen LogP contribution is -2.49. The largest absolute Gasteiger partial charge is 0.490 e. The van der Waals surface area contributed by atoms with E-state index in [4.69, 9.17) is 16.3 Å². The van der Waals surface area contributed by atoms with Crippen molar-refractivity contribution in [3.63, 3.8) is 0 Å². The Morgan fingerprint density at radius 1 is 1.11 bits per heavy atom. The normalized spacial score (nSPS) is 33.5. The number of hydrogen-bond donors (Lipinski definition) is 2. The lowest BCUT2D eigenvalue weighted by molar-refractivity contribution is 0.0456. The van der Waals surface area contributed by atoms with Crippen LogP contribution in [0.4, 0.5) is 5.69 Å². The SMILES string of the molecule is C1CSCSC1.CC1C/C=C/C(O)C2CCC2CN2C[C@@]3(CCCc4cc(Cl)ccc43)COc3ccc(cc32)C(=O)NS(=O)C1C. The van der Waals surface area contributed by atoms with Crippen molar-refractivity contribution in [1.82, 2.24) is 4.72 Å². The fourth-order valence-electron chi connectivity index (χ4n) is 7.47. The minimum atomic E-state index is -1.53. The molecule has 3 aliphatic heterocycles. The van der Waals surface area contributed by atoms with E-state index in [9.17, 15) is 14.1 Å². The number of nitrogens with one attached hydrogen (secondary N) is 1. The van der Waals surface area contributed by atoms with Gasteiger partial charge >= 0.3 is 0 Å². The zero-order chi connectivity index (χ0) is 32.3. The molecule has 5 aliphatic rings. The standard InChI is InChI=1S/C32H39ClN2O4S.C4H8S2/c1-20-5-3-7-29(36)26-11-8-24(26)17-35-18-32(14-4-6-22-15-25(33)10-12-27(22)32)19-39-30-13-9-23(16-28(30)35)31(37)34-40(38)21(20)2;1-2-5-4-6-3-1/h3,7,9-10,12-13,15-16,20-21,24,26,29,36H,4-6,8,11,14,17-19H2,1-2H3,(H,34,37);1-4H2/b7-3+;/t20?,21?,24?,26?,29?,32-,40?;/m0./s1. The summed E-state index contributed by atoms with van der Waals surface area (Å²) >= 11 is 10.5. The smallest absolute Gasteiger partial charge is 0.263 e. The highest BCUT2D eigenvalue weighted by atomic mass is 35.5. The van der Waals surface area contributed by atoms with E-state index in [1.165, 1.54) is 34.1 Å². The van der Waals surface area contributed by atoms with Crippen LogP contribution in [0.1, 0.15) is 73.9 Å². The molecule has 2 N–H and O–H groups in total. The van der Waals surface area contributed by atoms with Crippen molar-refractivity contribution < 1.29 is 18.8 Å². The molecule has 2 aromatic carbocycles. The molecule has 1 saturated heterocycles. The summed E-state index contributed by atoms with van der Waals surface area (Å²) in [4.78, 5) is 15.7. The highest BCUT2D eigenvalue weighted by Crippen LogP contribution is 2.46. The number of aliphatic hydroxyl groups excluding tert-OH is 1. The number of carbonyl (C=O) groups is 1.